The number of hydrogen-bond donors (Lipinski definition) is 1. The molecule has 2 heterocycles. The first kappa shape index (κ1) is 11.3. The summed E-state index contributed by atoms with van der Waals surface area (Å²) < 4.78 is 0. The average Bonchev–Trinajstić information content (AvgIpc) is 2.16. The quantitative estimate of drug-likeness (QED) is 0.799. The second-order valence-corrected chi connectivity index (χ2v) is 5.74. The number of piperidine rings is 1. The van der Waals surface area contributed by atoms with Crippen molar-refractivity contribution >= 4 is 17.7 Å². The molecule has 2 aliphatic rings. The van der Waals surface area contributed by atoms with Gasteiger partial charge in [-0.2, -0.15) is 11.8 Å². The molecule has 0 aromatic rings. The number of carboxylic acid groups (broad SMARTS) is 1. The number of aliphatic carboxylic acids is 1. The first-order valence-corrected chi connectivity index (χ1v) is 6.88. The van der Waals surface area contributed by atoms with Crippen molar-refractivity contribution < 1.29 is 9.90 Å². The fourth-order valence-corrected chi connectivity index (χ4v) is 3.34. The molecule has 0 spiro atoms. The van der Waals surface area contributed by atoms with Crippen LogP contribution in [0.1, 0.15) is 26.2 Å². The molecule has 2 rings (SSSR count). The van der Waals surface area contributed by atoms with Gasteiger partial charge in [-0.3, -0.25) is 9.69 Å². The predicted molar refractivity (Wildman–Crippen MR) is 62.3 cm³/mol. The van der Waals surface area contributed by atoms with Crippen LogP contribution >= 0.6 is 11.8 Å². The van der Waals surface area contributed by atoms with E-state index in [1.54, 1.807) is 0 Å². The second-order valence-electron chi connectivity index (χ2n) is 4.67. The lowest BCUT2D eigenvalue weighted by molar-refractivity contribution is -0.152. The van der Waals surface area contributed by atoms with E-state index in [-0.39, 0.29) is 0 Å². The fourth-order valence-electron chi connectivity index (χ4n) is 2.47. The van der Waals surface area contributed by atoms with Crippen LogP contribution in [0.15, 0.2) is 0 Å². The lowest BCUT2D eigenvalue weighted by Crippen LogP contribution is -2.52. The van der Waals surface area contributed by atoms with E-state index in [1.807, 2.05) is 18.7 Å². The Kier molecular flexibility index (Phi) is 3.26. The Morgan fingerprint density at radius 2 is 2.07 bits per heavy atom. The standard InChI is InChI=1S/C11H19NO2S/c1-2-11(10(13)14)3-5-12(6-4-11)9-7-15-8-9/h9H,2-8H2,1H3,(H,13,14). The number of likely N-dealkylation sites (tertiary alicyclic amines) is 1. The minimum atomic E-state index is -0.590. The van der Waals surface area contributed by atoms with Crippen LogP contribution in [0.4, 0.5) is 0 Å². The third-order valence-corrected chi connectivity index (χ3v) is 5.26. The number of rotatable bonds is 3. The minimum absolute atomic E-state index is 0.423. The van der Waals surface area contributed by atoms with Gasteiger partial charge in [-0.25, -0.2) is 0 Å². The summed E-state index contributed by atoms with van der Waals surface area (Å²) in [7, 11) is 0. The lowest BCUT2D eigenvalue weighted by Gasteiger charge is -2.44. The Morgan fingerprint density at radius 3 is 2.40 bits per heavy atom. The van der Waals surface area contributed by atoms with Gasteiger partial charge in [0.1, 0.15) is 0 Å². The molecule has 0 amide bonds. The van der Waals surface area contributed by atoms with E-state index in [0.29, 0.717) is 0 Å². The Hall–Kier alpha value is -0.220. The van der Waals surface area contributed by atoms with Crippen molar-refractivity contribution in [1.29, 1.82) is 0 Å². The maximum atomic E-state index is 11.2. The molecule has 0 aromatic heterocycles. The highest BCUT2D eigenvalue weighted by molar-refractivity contribution is 8.00. The topological polar surface area (TPSA) is 40.5 Å². The van der Waals surface area contributed by atoms with E-state index < -0.39 is 11.4 Å². The lowest BCUT2D eigenvalue weighted by atomic mass is 9.76. The molecule has 0 radical (unpaired) electrons. The number of hydrogen-bond acceptors (Lipinski definition) is 3. The summed E-state index contributed by atoms with van der Waals surface area (Å²) in [6, 6.07) is 0.735. The van der Waals surface area contributed by atoms with E-state index in [2.05, 4.69) is 4.90 Å². The third kappa shape index (κ3) is 2.02. The van der Waals surface area contributed by atoms with Gasteiger partial charge in [0.15, 0.2) is 0 Å². The SMILES string of the molecule is CCC1(C(=O)O)CCN(C2CSC2)CC1. The van der Waals surface area contributed by atoms with Crippen molar-refractivity contribution in [2.75, 3.05) is 24.6 Å². The zero-order valence-corrected chi connectivity index (χ0v) is 10.1. The van der Waals surface area contributed by atoms with Gasteiger partial charge in [0.05, 0.1) is 5.41 Å². The first-order chi connectivity index (χ1) is 7.18. The molecule has 2 aliphatic heterocycles. The van der Waals surface area contributed by atoms with Crippen LogP contribution in [0, 0.1) is 5.41 Å². The molecule has 4 heteroatoms. The molecular weight excluding hydrogens is 210 g/mol. The van der Waals surface area contributed by atoms with Crippen LogP contribution in [0.5, 0.6) is 0 Å². The van der Waals surface area contributed by atoms with Crippen LogP contribution in [0.3, 0.4) is 0 Å². The Labute approximate surface area is 95.2 Å². The summed E-state index contributed by atoms with van der Waals surface area (Å²) in [6.07, 6.45) is 2.44. The monoisotopic (exact) mass is 229 g/mol. The Morgan fingerprint density at radius 1 is 1.47 bits per heavy atom. The summed E-state index contributed by atoms with van der Waals surface area (Å²) in [6.45, 7) is 3.96. The van der Waals surface area contributed by atoms with Crippen molar-refractivity contribution in [3.8, 4) is 0 Å². The fraction of sp³-hybridized carbons (Fsp3) is 0.909. The molecule has 0 saturated carbocycles. The summed E-state index contributed by atoms with van der Waals surface area (Å²) >= 11 is 1.99. The number of carbonyl (C=O) groups is 1. The molecule has 0 bridgehead atoms. The Bertz CT molecular complexity index is 245. The largest absolute Gasteiger partial charge is 0.481 e. The Balaban J connectivity index is 1.91. The van der Waals surface area contributed by atoms with E-state index >= 15 is 0 Å². The van der Waals surface area contributed by atoms with Gasteiger partial charge in [-0.1, -0.05) is 6.92 Å². The number of carboxylic acids is 1. The smallest absolute Gasteiger partial charge is 0.309 e. The van der Waals surface area contributed by atoms with Crippen LogP contribution in [0.2, 0.25) is 0 Å². The highest BCUT2D eigenvalue weighted by Gasteiger charge is 2.41. The zero-order chi connectivity index (χ0) is 10.9. The zero-order valence-electron chi connectivity index (χ0n) is 9.24. The maximum Gasteiger partial charge on any atom is 0.309 e. The summed E-state index contributed by atoms with van der Waals surface area (Å²) in [5.41, 5.74) is -0.423. The van der Waals surface area contributed by atoms with Gasteiger partial charge in [0.25, 0.3) is 0 Å². The van der Waals surface area contributed by atoms with Crippen molar-refractivity contribution in [1.82, 2.24) is 4.90 Å². The summed E-state index contributed by atoms with van der Waals surface area (Å²) in [4.78, 5) is 13.7. The molecule has 0 atom stereocenters. The van der Waals surface area contributed by atoms with Crippen molar-refractivity contribution in [3.05, 3.63) is 0 Å². The van der Waals surface area contributed by atoms with Gasteiger partial charge in [0, 0.05) is 17.5 Å². The van der Waals surface area contributed by atoms with Crippen molar-refractivity contribution in [2.24, 2.45) is 5.41 Å². The molecule has 2 fully saturated rings. The molecule has 2 saturated heterocycles. The maximum absolute atomic E-state index is 11.2. The van der Waals surface area contributed by atoms with E-state index in [4.69, 9.17) is 0 Å². The van der Waals surface area contributed by atoms with Crippen molar-refractivity contribution in [3.63, 3.8) is 0 Å². The second kappa shape index (κ2) is 4.34. The van der Waals surface area contributed by atoms with E-state index in [9.17, 15) is 9.90 Å². The molecule has 0 unspecified atom stereocenters. The highest BCUT2D eigenvalue weighted by Crippen LogP contribution is 2.37. The molecule has 0 aliphatic carbocycles. The molecule has 3 nitrogen and oxygen atoms in total. The minimum Gasteiger partial charge on any atom is -0.481 e. The first-order valence-electron chi connectivity index (χ1n) is 5.73. The summed E-state index contributed by atoms with van der Waals surface area (Å²) in [5.74, 6) is 1.89. The van der Waals surface area contributed by atoms with Crippen LogP contribution in [-0.4, -0.2) is 46.6 Å². The molecule has 0 aromatic carbocycles. The van der Waals surface area contributed by atoms with Gasteiger partial charge >= 0.3 is 5.97 Å². The van der Waals surface area contributed by atoms with Crippen LogP contribution in [0.25, 0.3) is 0 Å². The average molecular weight is 229 g/mol. The van der Waals surface area contributed by atoms with Gasteiger partial charge < -0.3 is 5.11 Å². The number of nitrogens with zero attached hydrogens (tertiary/aromatic N) is 1. The van der Waals surface area contributed by atoms with Crippen LogP contribution in [-0.2, 0) is 4.79 Å². The third-order valence-electron chi connectivity index (χ3n) is 4.02. The predicted octanol–water partition coefficient (Wildman–Crippen LogP) is 1.68. The highest BCUT2D eigenvalue weighted by atomic mass is 32.2. The number of thioether (sulfide) groups is 1. The van der Waals surface area contributed by atoms with E-state index in [0.717, 1.165) is 38.4 Å². The van der Waals surface area contributed by atoms with Gasteiger partial charge in [-0.15, -0.1) is 0 Å². The molecule has 86 valence electrons. The van der Waals surface area contributed by atoms with Crippen molar-refractivity contribution in [2.45, 2.75) is 32.2 Å². The normalized spacial score (nSPS) is 27.3. The summed E-state index contributed by atoms with van der Waals surface area (Å²) in [5, 5.41) is 9.26. The molecule has 1 N–H and O–H groups in total. The van der Waals surface area contributed by atoms with Crippen LogP contribution < -0.4 is 0 Å². The van der Waals surface area contributed by atoms with Gasteiger partial charge in [0.2, 0.25) is 0 Å². The van der Waals surface area contributed by atoms with Gasteiger partial charge in [-0.05, 0) is 32.4 Å². The molecular formula is C11H19NO2S. The van der Waals surface area contributed by atoms with E-state index in [1.165, 1.54) is 11.5 Å². The molecule has 15 heavy (non-hydrogen) atoms.